The van der Waals surface area contributed by atoms with Crippen molar-refractivity contribution in [1.29, 1.82) is 0 Å². The number of methoxy groups -OCH3 is 1. The number of esters is 1. The number of Topliss-reactive ketones (excluding diaryl/α,β-unsaturated/α-hetero) is 1. The number of carbonyl (C=O) groups is 3. The second kappa shape index (κ2) is 5.60. The van der Waals surface area contributed by atoms with E-state index in [0.29, 0.717) is 0 Å². The summed E-state index contributed by atoms with van der Waals surface area (Å²) in [5.41, 5.74) is -2.71. The van der Waals surface area contributed by atoms with E-state index in [1.54, 1.807) is 36.2 Å². The van der Waals surface area contributed by atoms with Crippen molar-refractivity contribution in [2.75, 3.05) is 41.0 Å². The molecule has 0 unspecified atom stereocenters. The molecule has 4 rings (SSSR count). The molecule has 2 heterocycles. The Bertz CT molecular complexity index is 856. The minimum absolute atomic E-state index is 0.0863. The summed E-state index contributed by atoms with van der Waals surface area (Å²) in [6.45, 7) is 0.128. The molecule has 1 N–H and O–H groups in total. The highest BCUT2D eigenvalue weighted by Crippen LogP contribution is 2.58. The molecular weight excluding hydrogens is 352 g/mol. The van der Waals surface area contributed by atoms with Crippen molar-refractivity contribution in [2.45, 2.75) is 12.2 Å². The number of rotatable bonds is 1. The SMILES string of the molecule is COC(=O)[C@]12CN(C)C(=O)[C@@]3(CN(C)CO[C@]3(O)c3ccccc3C1=O)C2. The van der Waals surface area contributed by atoms with Crippen LogP contribution in [0.15, 0.2) is 24.3 Å². The third-order valence-electron chi connectivity index (χ3n) is 6.10. The van der Waals surface area contributed by atoms with E-state index in [1.165, 1.54) is 19.1 Å². The average Bonchev–Trinajstić information content (AvgIpc) is 2.72. The number of benzene rings is 1. The van der Waals surface area contributed by atoms with Crippen LogP contribution in [-0.4, -0.2) is 73.6 Å². The molecule has 0 radical (unpaired) electrons. The number of ketones is 1. The molecule has 144 valence electrons. The molecule has 2 aliphatic heterocycles. The van der Waals surface area contributed by atoms with Gasteiger partial charge in [0.1, 0.15) is 17.6 Å². The van der Waals surface area contributed by atoms with Crippen molar-refractivity contribution in [3.05, 3.63) is 35.4 Å². The summed E-state index contributed by atoms with van der Waals surface area (Å²) in [5, 5.41) is 11.7. The van der Waals surface area contributed by atoms with Crippen LogP contribution in [0, 0.1) is 10.8 Å². The maximum absolute atomic E-state index is 13.6. The highest BCUT2D eigenvalue weighted by atomic mass is 16.6. The van der Waals surface area contributed by atoms with Crippen LogP contribution in [0.2, 0.25) is 0 Å². The summed E-state index contributed by atoms with van der Waals surface area (Å²) in [7, 11) is 4.51. The fourth-order valence-electron chi connectivity index (χ4n) is 4.98. The molecular formula is C19H22N2O6. The number of amides is 1. The van der Waals surface area contributed by atoms with E-state index < -0.39 is 28.4 Å². The van der Waals surface area contributed by atoms with Crippen molar-refractivity contribution >= 4 is 17.7 Å². The zero-order valence-corrected chi connectivity index (χ0v) is 15.5. The van der Waals surface area contributed by atoms with Gasteiger partial charge in [-0.25, -0.2) is 0 Å². The lowest BCUT2D eigenvalue weighted by Gasteiger charge is -2.55. The van der Waals surface area contributed by atoms with Crippen LogP contribution in [0.5, 0.6) is 0 Å². The van der Waals surface area contributed by atoms with Crippen LogP contribution in [0.1, 0.15) is 22.3 Å². The third kappa shape index (κ3) is 2.06. The lowest BCUT2D eigenvalue weighted by atomic mass is 9.62. The second-order valence-corrected chi connectivity index (χ2v) is 7.80. The van der Waals surface area contributed by atoms with Crippen molar-refractivity contribution < 1.29 is 29.0 Å². The molecule has 1 spiro atoms. The van der Waals surface area contributed by atoms with Gasteiger partial charge in [0.2, 0.25) is 11.7 Å². The molecule has 3 aliphatic rings. The largest absolute Gasteiger partial charge is 0.468 e. The van der Waals surface area contributed by atoms with Gasteiger partial charge in [0.15, 0.2) is 5.78 Å². The normalized spacial score (nSPS) is 35.9. The summed E-state index contributed by atoms with van der Waals surface area (Å²) in [4.78, 5) is 42.9. The molecule has 27 heavy (non-hydrogen) atoms. The third-order valence-corrected chi connectivity index (χ3v) is 6.10. The monoisotopic (exact) mass is 374 g/mol. The number of likely N-dealkylation sites (tertiary alicyclic amines) is 1. The second-order valence-electron chi connectivity index (χ2n) is 7.80. The Labute approximate surface area is 156 Å². The molecule has 2 fully saturated rings. The predicted molar refractivity (Wildman–Crippen MR) is 92.4 cm³/mol. The number of ether oxygens (including phenoxy) is 2. The summed E-state index contributed by atoms with van der Waals surface area (Å²) in [5.74, 6) is -3.55. The Morgan fingerprint density at radius 1 is 1.22 bits per heavy atom. The van der Waals surface area contributed by atoms with E-state index in [9.17, 15) is 19.5 Å². The van der Waals surface area contributed by atoms with E-state index in [0.717, 1.165) is 0 Å². The van der Waals surface area contributed by atoms with E-state index >= 15 is 0 Å². The highest BCUT2D eigenvalue weighted by molar-refractivity contribution is 6.15. The van der Waals surface area contributed by atoms with Gasteiger partial charge in [0.05, 0.1) is 7.11 Å². The maximum atomic E-state index is 13.6. The molecule has 1 aromatic rings. The first-order valence-corrected chi connectivity index (χ1v) is 8.75. The number of hydrogen-bond donors (Lipinski definition) is 1. The lowest BCUT2D eigenvalue weighted by molar-refractivity contribution is -0.329. The first kappa shape index (κ1) is 18.1. The Kier molecular flexibility index (Phi) is 3.76. The number of carbonyl (C=O) groups excluding carboxylic acids is 3. The van der Waals surface area contributed by atoms with Crippen LogP contribution in [0.3, 0.4) is 0 Å². The molecule has 0 saturated carbocycles. The summed E-state index contributed by atoms with van der Waals surface area (Å²) in [6.07, 6.45) is -0.176. The van der Waals surface area contributed by atoms with Gasteiger partial charge in [-0.15, -0.1) is 0 Å². The van der Waals surface area contributed by atoms with Gasteiger partial charge in [-0.05, 0) is 13.5 Å². The smallest absolute Gasteiger partial charge is 0.321 e. The van der Waals surface area contributed by atoms with Gasteiger partial charge < -0.3 is 19.5 Å². The zero-order valence-electron chi connectivity index (χ0n) is 15.5. The number of aliphatic hydroxyl groups is 1. The van der Waals surface area contributed by atoms with Crippen LogP contribution in [-0.2, 0) is 24.8 Å². The molecule has 2 bridgehead atoms. The number of nitrogens with zero attached hydrogens (tertiary/aromatic N) is 2. The molecule has 8 nitrogen and oxygen atoms in total. The van der Waals surface area contributed by atoms with Crippen LogP contribution < -0.4 is 0 Å². The maximum Gasteiger partial charge on any atom is 0.321 e. The molecule has 0 aromatic heterocycles. The van der Waals surface area contributed by atoms with E-state index in [-0.39, 0.29) is 43.3 Å². The zero-order chi connectivity index (χ0) is 19.6. The molecule has 1 amide bonds. The van der Waals surface area contributed by atoms with Gasteiger partial charge in [-0.1, -0.05) is 24.3 Å². The molecule has 8 heteroatoms. The minimum atomic E-state index is -2.02. The van der Waals surface area contributed by atoms with Gasteiger partial charge in [-0.3, -0.25) is 19.3 Å². The fraction of sp³-hybridized carbons (Fsp3) is 0.526. The Hall–Kier alpha value is -2.29. The van der Waals surface area contributed by atoms with Crippen molar-refractivity contribution in [2.24, 2.45) is 10.8 Å². The Balaban J connectivity index is 2.09. The summed E-state index contributed by atoms with van der Waals surface area (Å²) < 4.78 is 10.8. The number of piperidine rings is 1. The Morgan fingerprint density at radius 3 is 2.63 bits per heavy atom. The van der Waals surface area contributed by atoms with Crippen LogP contribution >= 0.6 is 0 Å². The van der Waals surface area contributed by atoms with E-state index in [2.05, 4.69) is 0 Å². The lowest BCUT2D eigenvalue weighted by Crippen LogP contribution is -2.70. The van der Waals surface area contributed by atoms with Gasteiger partial charge in [-0.2, -0.15) is 0 Å². The van der Waals surface area contributed by atoms with Crippen molar-refractivity contribution in [1.82, 2.24) is 9.80 Å². The highest BCUT2D eigenvalue weighted by Gasteiger charge is 2.72. The topological polar surface area (TPSA) is 96.4 Å². The number of fused-ring (bicyclic) bond motifs is 3. The molecule has 1 aromatic carbocycles. The number of hydrogen-bond acceptors (Lipinski definition) is 7. The van der Waals surface area contributed by atoms with Crippen molar-refractivity contribution in [3.8, 4) is 0 Å². The van der Waals surface area contributed by atoms with Gasteiger partial charge in [0, 0.05) is 31.3 Å². The molecule has 2 saturated heterocycles. The van der Waals surface area contributed by atoms with Crippen molar-refractivity contribution in [3.63, 3.8) is 0 Å². The van der Waals surface area contributed by atoms with Crippen LogP contribution in [0.4, 0.5) is 0 Å². The van der Waals surface area contributed by atoms with Gasteiger partial charge >= 0.3 is 5.97 Å². The first-order chi connectivity index (χ1) is 12.7. The standard InChI is InChI=1S/C19H22N2O6/c1-20-10-18-8-17(16(24)26-3,9-21(2)15(18)23)14(22)12-6-4-5-7-13(12)19(18,25)27-11-20/h4-7,25H,8-11H2,1-3H3/t17-,18+,19-/m1/s1. The Morgan fingerprint density at radius 2 is 1.93 bits per heavy atom. The average molecular weight is 374 g/mol. The van der Waals surface area contributed by atoms with E-state index in [4.69, 9.17) is 9.47 Å². The first-order valence-electron chi connectivity index (χ1n) is 8.75. The summed E-state index contributed by atoms with van der Waals surface area (Å²) >= 11 is 0. The quantitative estimate of drug-likeness (QED) is 0.544. The predicted octanol–water partition coefficient (Wildman–Crippen LogP) is -0.0446. The van der Waals surface area contributed by atoms with E-state index in [1.807, 2.05) is 0 Å². The van der Waals surface area contributed by atoms with Gasteiger partial charge in [0.25, 0.3) is 0 Å². The fourth-order valence-corrected chi connectivity index (χ4v) is 4.98. The molecule has 1 aliphatic carbocycles. The van der Waals surface area contributed by atoms with Crippen LogP contribution in [0.25, 0.3) is 0 Å². The minimum Gasteiger partial charge on any atom is -0.468 e. The molecule has 3 atom stereocenters. The summed E-state index contributed by atoms with van der Waals surface area (Å²) in [6, 6.07) is 6.47.